The van der Waals surface area contributed by atoms with Crippen LogP contribution in [0.25, 0.3) is 0 Å². The molecule has 0 aliphatic carbocycles. The van der Waals surface area contributed by atoms with E-state index in [0.29, 0.717) is 12.6 Å². The summed E-state index contributed by atoms with van der Waals surface area (Å²) in [5.74, 6) is 0.854. The van der Waals surface area contributed by atoms with Gasteiger partial charge in [0, 0.05) is 12.1 Å². The maximum atomic E-state index is 5.90. The van der Waals surface area contributed by atoms with Gasteiger partial charge in [-0.1, -0.05) is 6.92 Å². The fourth-order valence-electron chi connectivity index (χ4n) is 2.56. The average molecular weight is 222 g/mol. The van der Waals surface area contributed by atoms with Crippen LogP contribution in [0.4, 0.5) is 0 Å². The van der Waals surface area contributed by atoms with Crippen molar-refractivity contribution >= 4 is 0 Å². The van der Waals surface area contributed by atoms with Crippen molar-refractivity contribution in [3.8, 4) is 0 Å². The Hall–Kier alpha value is -0.800. The molecule has 0 amide bonds. The van der Waals surface area contributed by atoms with E-state index in [1.165, 1.54) is 24.8 Å². The minimum atomic E-state index is 0.337. The van der Waals surface area contributed by atoms with Crippen LogP contribution in [0, 0.1) is 5.92 Å². The summed E-state index contributed by atoms with van der Waals surface area (Å²) in [7, 11) is 0. The predicted molar refractivity (Wildman–Crippen MR) is 65.1 cm³/mol. The number of rotatable bonds is 3. The molecule has 3 heteroatoms. The van der Waals surface area contributed by atoms with Crippen LogP contribution in [0.2, 0.25) is 0 Å². The Kier molecular flexibility index (Phi) is 4.02. The summed E-state index contributed by atoms with van der Waals surface area (Å²) in [6, 6.07) is 2.37. The van der Waals surface area contributed by atoms with E-state index < -0.39 is 0 Å². The van der Waals surface area contributed by atoms with Gasteiger partial charge in [-0.2, -0.15) is 0 Å². The third-order valence-electron chi connectivity index (χ3n) is 3.64. The second-order valence-electron chi connectivity index (χ2n) is 4.88. The van der Waals surface area contributed by atoms with Crippen molar-refractivity contribution in [2.24, 2.45) is 11.7 Å². The van der Waals surface area contributed by atoms with Crippen molar-refractivity contribution in [2.45, 2.75) is 32.2 Å². The lowest BCUT2D eigenvalue weighted by Crippen LogP contribution is -2.34. The van der Waals surface area contributed by atoms with Gasteiger partial charge in [-0.05, 0) is 44.3 Å². The first-order valence-corrected chi connectivity index (χ1v) is 6.27. The molecule has 1 aliphatic heterocycles. The zero-order valence-corrected chi connectivity index (χ0v) is 10.1. The van der Waals surface area contributed by atoms with E-state index in [2.05, 4.69) is 11.8 Å². The highest BCUT2D eigenvalue weighted by Crippen LogP contribution is 2.25. The van der Waals surface area contributed by atoms with Crippen molar-refractivity contribution < 1.29 is 4.42 Å². The SMILES string of the molecule is CC1CCCN(C(CN)c2ccoc2)CC1. The Bertz CT molecular complexity index is 297. The van der Waals surface area contributed by atoms with E-state index in [1.807, 2.05) is 12.3 Å². The van der Waals surface area contributed by atoms with Crippen LogP contribution in [0.1, 0.15) is 37.8 Å². The van der Waals surface area contributed by atoms with Gasteiger partial charge in [0.2, 0.25) is 0 Å². The first-order valence-electron chi connectivity index (χ1n) is 6.27. The summed E-state index contributed by atoms with van der Waals surface area (Å²) in [5.41, 5.74) is 7.12. The molecule has 1 fully saturated rings. The Balaban J connectivity index is 2.03. The van der Waals surface area contributed by atoms with Gasteiger partial charge in [-0.3, -0.25) is 4.90 Å². The zero-order chi connectivity index (χ0) is 11.4. The Morgan fingerprint density at radius 2 is 2.38 bits per heavy atom. The molecular weight excluding hydrogens is 200 g/mol. The highest BCUT2D eigenvalue weighted by molar-refractivity contribution is 5.12. The van der Waals surface area contributed by atoms with Gasteiger partial charge in [0.25, 0.3) is 0 Å². The molecule has 90 valence electrons. The molecule has 1 aromatic rings. The predicted octanol–water partition coefficient (Wildman–Crippen LogP) is 2.40. The minimum absolute atomic E-state index is 0.337. The van der Waals surface area contributed by atoms with Crippen molar-refractivity contribution in [1.29, 1.82) is 0 Å². The highest BCUT2D eigenvalue weighted by Gasteiger charge is 2.22. The minimum Gasteiger partial charge on any atom is -0.472 e. The molecule has 2 atom stereocenters. The molecule has 1 saturated heterocycles. The standard InChI is InChI=1S/C13H22N2O/c1-11-3-2-6-15(7-4-11)13(9-14)12-5-8-16-10-12/h5,8,10-11,13H,2-4,6-7,9,14H2,1H3. The van der Waals surface area contributed by atoms with Crippen LogP contribution in [-0.2, 0) is 0 Å². The summed E-state index contributed by atoms with van der Waals surface area (Å²) >= 11 is 0. The largest absolute Gasteiger partial charge is 0.472 e. The van der Waals surface area contributed by atoms with E-state index in [9.17, 15) is 0 Å². The van der Waals surface area contributed by atoms with Crippen LogP contribution in [0.3, 0.4) is 0 Å². The number of furan rings is 1. The van der Waals surface area contributed by atoms with E-state index in [1.54, 1.807) is 6.26 Å². The number of hydrogen-bond donors (Lipinski definition) is 1. The summed E-state index contributed by atoms with van der Waals surface area (Å²) in [5, 5.41) is 0. The van der Waals surface area contributed by atoms with Gasteiger partial charge < -0.3 is 10.2 Å². The molecule has 0 radical (unpaired) electrons. The van der Waals surface area contributed by atoms with Crippen LogP contribution in [-0.4, -0.2) is 24.5 Å². The lowest BCUT2D eigenvalue weighted by Gasteiger charge is -2.28. The maximum absolute atomic E-state index is 5.90. The van der Waals surface area contributed by atoms with Gasteiger partial charge in [-0.25, -0.2) is 0 Å². The second kappa shape index (κ2) is 5.51. The van der Waals surface area contributed by atoms with Crippen LogP contribution < -0.4 is 5.73 Å². The first kappa shape index (κ1) is 11.7. The van der Waals surface area contributed by atoms with Gasteiger partial charge in [-0.15, -0.1) is 0 Å². The number of hydrogen-bond acceptors (Lipinski definition) is 3. The first-order chi connectivity index (χ1) is 7.81. The Morgan fingerprint density at radius 3 is 3.06 bits per heavy atom. The summed E-state index contributed by atoms with van der Waals surface area (Å²) < 4.78 is 5.16. The fourth-order valence-corrected chi connectivity index (χ4v) is 2.56. The van der Waals surface area contributed by atoms with Gasteiger partial charge in [0.1, 0.15) is 0 Å². The molecule has 1 aromatic heterocycles. The van der Waals surface area contributed by atoms with Gasteiger partial charge >= 0.3 is 0 Å². The van der Waals surface area contributed by atoms with Crippen LogP contribution in [0.5, 0.6) is 0 Å². The molecule has 2 N–H and O–H groups in total. The lowest BCUT2D eigenvalue weighted by atomic mass is 10.0. The molecule has 0 aromatic carbocycles. The van der Waals surface area contributed by atoms with E-state index in [0.717, 1.165) is 19.0 Å². The molecule has 2 unspecified atom stereocenters. The monoisotopic (exact) mass is 222 g/mol. The van der Waals surface area contributed by atoms with Crippen molar-refractivity contribution in [3.63, 3.8) is 0 Å². The molecule has 0 saturated carbocycles. The van der Waals surface area contributed by atoms with Crippen molar-refractivity contribution in [2.75, 3.05) is 19.6 Å². The Morgan fingerprint density at radius 1 is 1.50 bits per heavy atom. The normalized spacial score (nSPS) is 25.2. The van der Waals surface area contributed by atoms with E-state index in [4.69, 9.17) is 10.2 Å². The zero-order valence-electron chi connectivity index (χ0n) is 10.1. The number of likely N-dealkylation sites (tertiary alicyclic amines) is 1. The van der Waals surface area contributed by atoms with Crippen LogP contribution in [0.15, 0.2) is 23.0 Å². The van der Waals surface area contributed by atoms with Gasteiger partial charge in [0.05, 0.1) is 18.6 Å². The smallest absolute Gasteiger partial charge is 0.0950 e. The highest BCUT2D eigenvalue weighted by atomic mass is 16.3. The molecule has 16 heavy (non-hydrogen) atoms. The maximum Gasteiger partial charge on any atom is 0.0950 e. The van der Waals surface area contributed by atoms with E-state index in [-0.39, 0.29) is 0 Å². The van der Waals surface area contributed by atoms with Crippen molar-refractivity contribution in [1.82, 2.24) is 4.90 Å². The van der Waals surface area contributed by atoms with Crippen LogP contribution >= 0.6 is 0 Å². The number of nitrogens with two attached hydrogens (primary N) is 1. The second-order valence-corrected chi connectivity index (χ2v) is 4.88. The molecular formula is C13H22N2O. The Labute approximate surface area is 97.6 Å². The third-order valence-corrected chi connectivity index (χ3v) is 3.64. The third kappa shape index (κ3) is 2.66. The summed E-state index contributed by atoms with van der Waals surface area (Å²) in [6.45, 7) is 5.35. The molecule has 3 nitrogen and oxygen atoms in total. The molecule has 0 spiro atoms. The summed E-state index contributed by atoms with van der Waals surface area (Å²) in [4.78, 5) is 2.51. The number of nitrogens with zero attached hydrogens (tertiary/aromatic N) is 1. The van der Waals surface area contributed by atoms with Crippen molar-refractivity contribution in [3.05, 3.63) is 24.2 Å². The lowest BCUT2D eigenvalue weighted by molar-refractivity contribution is 0.207. The molecule has 0 bridgehead atoms. The van der Waals surface area contributed by atoms with E-state index >= 15 is 0 Å². The average Bonchev–Trinajstić information content (AvgIpc) is 2.71. The molecule has 2 heterocycles. The fraction of sp³-hybridized carbons (Fsp3) is 0.692. The quantitative estimate of drug-likeness (QED) is 0.854. The summed E-state index contributed by atoms with van der Waals surface area (Å²) in [6.07, 6.45) is 7.48. The topological polar surface area (TPSA) is 42.4 Å². The molecule has 1 aliphatic rings. The van der Waals surface area contributed by atoms with Gasteiger partial charge in [0.15, 0.2) is 0 Å². The molecule has 2 rings (SSSR count).